The Kier molecular flexibility index (Phi) is 3.93. The number of amides is 1. The fourth-order valence-corrected chi connectivity index (χ4v) is 3.12. The summed E-state index contributed by atoms with van der Waals surface area (Å²) in [6, 6.07) is 18.2. The number of hydrogen-bond donors (Lipinski definition) is 1. The zero-order valence-corrected chi connectivity index (χ0v) is 14.0. The number of nitrogens with one attached hydrogen (secondary N) is 1. The lowest BCUT2D eigenvalue weighted by Gasteiger charge is -2.37. The normalized spacial score (nSPS) is 16.0. The first-order valence-electron chi connectivity index (χ1n) is 8.10. The summed E-state index contributed by atoms with van der Waals surface area (Å²) < 4.78 is 10.1. The van der Waals surface area contributed by atoms with Crippen LogP contribution in [0.25, 0.3) is 0 Å². The second kappa shape index (κ2) is 6.40. The maximum Gasteiger partial charge on any atom is 0.374 e. The van der Waals surface area contributed by atoms with Crippen molar-refractivity contribution in [3.63, 3.8) is 0 Å². The number of fused-ring (bicyclic) bond motifs is 1. The van der Waals surface area contributed by atoms with Gasteiger partial charge in [-0.15, -0.1) is 0 Å². The number of rotatable bonds is 3. The average Bonchev–Trinajstić information content (AvgIpc) is 3.17. The first kappa shape index (κ1) is 16.0. The van der Waals surface area contributed by atoms with Gasteiger partial charge >= 0.3 is 5.97 Å². The van der Waals surface area contributed by atoms with Crippen molar-refractivity contribution in [3.05, 3.63) is 83.8 Å². The van der Waals surface area contributed by atoms with E-state index in [0.29, 0.717) is 22.5 Å². The van der Waals surface area contributed by atoms with Crippen LogP contribution >= 0.6 is 0 Å². The summed E-state index contributed by atoms with van der Waals surface area (Å²) in [6.45, 7) is 0. The molecule has 1 aliphatic rings. The van der Waals surface area contributed by atoms with Crippen molar-refractivity contribution < 1.29 is 18.7 Å². The molecule has 0 aliphatic carbocycles. The smallest absolute Gasteiger partial charge is 0.374 e. The molecule has 0 fully saturated rings. The number of carbonyl (C=O) groups is 2. The molecule has 6 heteroatoms. The van der Waals surface area contributed by atoms with Gasteiger partial charge in [0.2, 0.25) is 5.76 Å². The fraction of sp³-hybridized carbons (Fsp3) is 0.100. The van der Waals surface area contributed by atoms with Gasteiger partial charge in [0.05, 0.1) is 18.9 Å². The van der Waals surface area contributed by atoms with Crippen LogP contribution in [0.5, 0.6) is 0 Å². The third-order valence-corrected chi connectivity index (χ3v) is 4.32. The lowest BCUT2D eigenvalue weighted by Crippen LogP contribution is -2.43. The van der Waals surface area contributed by atoms with Gasteiger partial charge in [0.25, 0.3) is 5.91 Å². The van der Waals surface area contributed by atoms with E-state index in [-0.39, 0.29) is 11.7 Å². The molecule has 1 N–H and O–H groups in total. The molecule has 26 heavy (non-hydrogen) atoms. The first-order chi connectivity index (χ1) is 12.7. The Hall–Kier alpha value is -3.54. The number of nitrogens with zero attached hydrogens (tertiary/aromatic N) is 1. The third kappa shape index (κ3) is 2.52. The summed E-state index contributed by atoms with van der Waals surface area (Å²) in [4.78, 5) is 26.9. The molecule has 1 atom stereocenters. The summed E-state index contributed by atoms with van der Waals surface area (Å²) in [5.74, 6) is -0.684. The number of esters is 1. The third-order valence-electron chi connectivity index (χ3n) is 4.32. The van der Waals surface area contributed by atoms with E-state index in [0.717, 1.165) is 0 Å². The molecule has 0 bridgehead atoms. The Morgan fingerprint density at radius 1 is 1.08 bits per heavy atom. The molecule has 1 aromatic heterocycles. The van der Waals surface area contributed by atoms with Gasteiger partial charge in [-0.2, -0.15) is 0 Å². The highest BCUT2D eigenvalue weighted by atomic mass is 16.5. The highest BCUT2D eigenvalue weighted by Gasteiger charge is 2.37. The minimum Gasteiger partial charge on any atom is -0.463 e. The highest BCUT2D eigenvalue weighted by Crippen LogP contribution is 2.37. The molecule has 6 nitrogen and oxygen atoms in total. The Balaban J connectivity index is 1.87. The van der Waals surface area contributed by atoms with E-state index in [9.17, 15) is 9.59 Å². The number of anilines is 2. The molecule has 130 valence electrons. The maximum absolute atomic E-state index is 13.2. The molecule has 4 rings (SSSR count). The number of carbonyl (C=O) groups excluding carboxylic acids is 2. The van der Waals surface area contributed by atoms with Gasteiger partial charge in [-0.1, -0.05) is 30.3 Å². The number of hydrogen-bond acceptors (Lipinski definition) is 5. The van der Waals surface area contributed by atoms with Crippen molar-refractivity contribution in [2.24, 2.45) is 0 Å². The summed E-state index contributed by atoms with van der Waals surface area (Å²) in [6.07, 6.45) is 0.810. The van der Waals surface area contributed by atoms with Crippen molar-refractivity contribution in [1.82, 2.24) is 0 Å². The highest BCUT2D eigenvalue weighted by molar-refractivity contribution is 6.12. The van der Waals surface area contributed by atoms with Gasteiger partial charge in [-0.25, -0.2) is 4.79 Å². The number of ether oxygens (including phenoxy) is 1. The monoisotopic (exact) mass is 348 g/mol. The van der Waals surface area contributed by atoms with Crippen LogP contribution in [0.4, 0.5) is 11.4 Å². The molecule has 3 aromatic rings. The molecular formula is C20H16N2O4. The van der Waals surface area contributed by atoms with E-state index in [2.05, 4.69) is 5.32 Å². The first-order valence-corrected chi connectivity index (χ1v) is 8.10. The lowest BCUT2D eigenvalue weighted by atomic mass is 10.0. The Morgan fingerprint density at radius 2 is 1.81 bits per heavy atom. The van der Waals surface area contributed by atoms with Gasteiger partial charge in [0.15, 0.2) is 0 Å². The topological polar surface area (TPSA) is 71.8 Å². The molecule has 1 aliphatic heterocycles. The van der Waals surface area contributed by atoms with E-state index in [1.165, 1.54) is 13.4 Å². The second-order valence-corrected chi connectivity index (χ2v) is 5.80. The van der Waals surface area contributed by atoms with E-state index in [1.807, 2.05) is 48.5 Å². The molecule has 1 amide bonds. The molecule has 0 radical (unpaired) electrons. The zero-order valence-electron chi connectivity index (χ0n) is 14.0. The summed E-state index contributed by atoms with van der Waals surface area (Å²) in [7, 11) is 1.29. The van der Waals surface area contributed by atoms with Crippen molar-refractivity contribution in [3.8, 4) is 0 Å². The Morgan fingerprint density at radius 3 is 2.58 bits per heavy atom. The van der Waals surface area contributed by atoms with Gasteiger partial charge in [0.1, 0.15) is 6.17 Å². The fourth-order valence-electron chi connectivity index (χ4n) is 3.12. The van der Waals surface area contributed by atoms with Crippen LogP contribution in [0.1, 0.15) is 32.6 Å². The van der Waals surface area contributed by atoms with Crippen LogP contribution in [0.15, 0.2) is 71.3 Å². The van der Waals surface area contributed by atoms with Crippen molar-refractivity contribution in [1.29, 1.82) is 0 Å². The van der Waals surface area contributed by atoms with Crippen LogP contribution in [0.3, 0.4) is 0 Å². The number of furan rings is 1. The molecule has 0 spiro atoms. The summed E-state index contributed by atoms with van der Waals surface area (Å²) in [5.41, 5.74) is 2.51. The Bertz CT molecular complexity index is 965. The zero-order chi connectivity index (χ0) is 18.1. The predicted molar refractivity (Wildman–Crippen MR) is 96.1 cm³/mol. The van der Waals surface area contributed by atoms with Gasteiger partial charge < -0.3 is 14.5 Å². The molecule has 0 saturated carbocycles. The average molecular weight is 348 g/mol. The van der Waals surface area contributed by atoms with Crippen molar-refractivity contribution in [2.75, 3.05) is 17.3 Å². The predicted octanol–water partition coefficient (Wildman–Crippen LogP) is 3.84. The van der Waals surface area contributed by atoms with Crippen LogP contribution in [0.2, 0.25) is 0 Å². The second-order valence-electron chi connectivity index (χ2n) is 5.80. The van der Waals surface area contributed by atoms with Gasteiger partial charge in [0, 0.05) is 16.9 Å². The van der Waals surface area contributed by atoms with Crippen LogP contribution in [0, 0.1) is 0 Å². The van der Waals surface area contributed by atoms with E-state index in [1.54, 1.807) is 17.0 Å². The van der Waals surface area contributed by atoms with Gasteiger partial charge in [-0.05, 0) is 30.3 Å². The molecule has 2 heterocycles. The Labute approximate surface area is 150 Å². The number of methoxy groups -OCH3 is 1. The molecule has 0 unspecified atom stereocenters. The standard InChI is InChI=1S/C20H16N2O4/c1-25-20(24)17-15(11-12-26-17)18-21-16-10-6-5-9-14(16)19(23)22(18)13-7-3-2-4-8-13/h2-12,18,21H,1H3/t18-/m0/s1. The lowest BCUT2D eigenvalue weighted by molar-refractivity contribution is 0.0562. The molecule has 2 aromatic carbocycles. The number of para-hydroxylation sites is 2. The quantitative estimate of drug-likeness (QED) is 0.728. The summed E-state index contributed by atoms with van der Waals surface area (Å²) in [5, 5.41) is 3.34. The molecular weight excluding hydrogens is 332 g/mol. The minimum atomic E-state index is -0.604. The SMILES string of the molecule is COC(=O)c1occc1[C@H]1Nc2ccccc2C(=O)N1c1ccccc1. The van der Waals surface area contributed by atoms with Crippen LogP contribution in [-0.4, -0.2) is 19.0 Å². The number of benzene rings is 2. The van der Waals surface area contributed by atoms with Crippen molar-refractivity contribution in [2.45, 2.75) is 6.17 Å². The molecule has 0 saturated heterocycles. The maximum atomic E-state index is 13.2. The van der Waals surface area contributed by atoms with Crippen LogP contribution < -0.4 is 10.2 Å². The minimum absolute atomic E-state index is 0.0677. The van der Waals surface area contributed by atoms with E-state index >= 15 is 0 Å². The van der Waals surface area contributed by atoms with Crippen molar-refractivity contribution >= 4 is 23.3 Å². The van der Waals surface area contributed by atoms with Crippen LogP contribution in [-0.2, 0) is 4.74 Å². The van der Waals surface area contributed by atoms with E-state index < -0.39 is 12.1 Å². The van der Waals surface area contributed by atoms with Gasteiger partial charge in [-0.3, -0.25) is 9.69 Å². The van der Waals surface area contributed by atoms with E-state index in [4.69, 9.17) is 9.15 Å². The summed E-state index contributed by atoms with van der Waals surface area (Å²) >= 11 is 0. The largest absolute Gasteiger partial charge is 0.463 e.